The molecule has 0 aromatic carbocycles. The highest BCUT2D eigenvalue weighted by Gasteiger charge is 2.37. The maximum Gasteiger partial charge on any atom is 0.0623 e. The Morgan fingerprint density at radius 1 is 1.20 bits per heavy atom. The van der Waals surface area contributed by atoms with E-state index < -0.39 is 0 Å². The van der Waals surface area contributed by atoms with Crippen LogP contribution in [-0.4, -0.2) is 42.8 Å². The number of nitrogens with two attached hydrogens (primary N) is 1. The Morgan fingerprint density at radius 2 is 1.87 bits per heavy atom. The summed E-state index contributed by atoms with van der Waals surface area (Å²) in [6.07, 6.45) is 6.24. The Balaban J connectivity index is 1.86. The van der Waals surface area contributed by atoms with E-state index in [0.29, 0.717) is 18.1 Å². The molecule has 3 atom stereocenters. The summed E-state index contributed by atoms with van der Waals surface area (Å²) >= 11 is 0. The van der Waals surface area contributed by atoms with Crippen molar-refractivity contribution in [2.75, 3.05) is 19.8 Å². The van der Waals surface area contributed by atoms with Crippen molar-refractivity contribution in [2.24, 2.45) is 5.73 Å². The lowest BCUT2D eigenvalue weighted by Crippen LogP contribution is -2.59. The summed E-state index contributed by atoms with van der Waals surface area (Å²) in [5.74, 6) is 0. The lowest BCUT2D eigenvalue weighted by molar-refractivity contribution is -0.0779. The third-order valence-electron chi connectivity index (χ3n) is 3.73. The van der Waals surface area contributed by atoms with Gasteiger partial charge in [-0.1, -0.05) is 19.8 Å². The van der Waals surface area contributed by atoms with Crippen LogP contribution in [0.5, 0.6) is 0 Å². The van der Waals surface area contributed by atoms with E-state index in [-0.39, 0.29) is 0 Å². The number of ether oxygens (including phenoxy) is 1. The molecule has 2 saturated heterocycles. The number of nitrogens with zero attached hydrogens (tertiary/aromatic N) is 1. The van der Waals surface area contributed by atoms with E-state index in [1.165, 1.54) is 25.8 Å². The van der Waals surface area contributed by atoms with Gasteiger partial charge in [0.25, 0.3) is 0 Å². The van der Waals surface area contributed by atoms with E-state index in [1.807, 2.05) is 0 Å². The summed E-state index contributed by atoms with van der Waals surface area (Å²) in [5, 5.41) is 0. The molecule has 88 valence electrons. The van der Waals surface area contributed by atoms with Crippen molar-refractivity contribution >= 4 is 0 Å². The molecule has 2 fully saturated rings. The summed E-state index contributed by atoms with van der Waals surface area (Å²) in [4.78, 5) is 2.66. The zero-order valence-corrected chi connectivity index (χ0v) is 9.82. The summed E-state index contributed by atoms with van der Waals surface area (Å²) in [7, 11) is 0. The SMILES string of the molecule is CCCCCN1[C@@H]2COC[C@H]1CC(N)C2. The van der Waals surface area contributed by atoms with Crippen LogP contribution >= 0.6 is 0 Å². The first-order valence-corrected chi connectivity index (χ1v) is 6.40. The van der Waals surface area contributed by atoms with Crippen LogP contribution in [-0.2, 0) is 4.74 Å². The molecule has 2 N–H and O–H groups in total. The van der Waals surface area contributed by atoms with Gasteiger partial charge in [0.05, 0.1) is 13.2 Å². The van der Waals surface area contributed by atoms with E-state index in [9.17, 15) is 0 Å². The van der Waals surface area contributed by atoms with Gasteiger partial charge < -0.3 is 10.5 Å². The van der Waals surface area contributed by atoms with Crippen LogP contribution in [0.3, 0.4) is 0 Å². The van der Waals surface area contributed by atoms with Gasteiger partial charge in [0.2, 0.25) is 0 Å². The smallest absolute Gasteiger partial charge is 0.0623 e. The number of hydrogen-bond donors (Lipinski definition) is 1. The highest BCUT2D eigenvalue weighted by molar-refractivity contribution is 4.92. The predicted octanol–water partition coefficient (Wildman–Crippen LogP) is 1.37. The van der Waals surface area contributed by atoms with E-state index in [2.05, 4.69) is 11.8 Å². The van der Waals surface area contributed by atoms with Crippen LogP contribution in [0.4, 0.5) is 0 Å². The van der Waals surface area contributed by atoms with Crippen LogP contribution in [0, 0.1) is 0 Å². The molecule has 2 bridgehead atoms. The third-order valence-corrected chi connectivity index (χ3v) is 3.73. The van der Waals surface area contributed by atoms with Gasteiger partial charge in [0.1, 0.15) is 0 Å². The fourth-order valence-electron chi connectivity index (χ4n) is 2.94. The van der Waals surface area contributed by atoms with Gasteiger partial charge in [-0.15, -0.1) is 0 Å². The average Bonchev–Trinajstić information content (AvgIpc) is 2.19. The molecule has 2 aliphatic rings. The second kappa shape index (κ2) is 5.28. The molecule has 3 heteroatoms. The lowest BCUT2D eigenvalue weighted by Gasteiger charge is -2.47. The molecule has 0 aliphatic carbocycles. The molecule has 2 heterocycles. The summed E-state index contributed by atoms with van der Waals surface area (Å²) in [6.45, 7) is 5.31. The Hall–Kier alpha value is -0.120. The largest absolute Gasteiger partial charge is 0.378 e. The Morgan fingerprint density at radius 3 is 2.47 bits per heavy atom. The maximum atomic E-state index is 6.06. The quantitative estimate of drug-likeness (QED) is 0.715. The normalized spacial score (nSPS) is 36.8. The van der Waals surface area contributed by atoms with Crippen molar-refractivity contribution in [3.05, 3.63) is 0 Å². The standard InChI is InChI=1S/C12H24N2O/c1-2-3-4-5-14-11-6-10(13)7-12(14)9-15-8-11/h10-12H,2-9,13H2,1H3/t10?,11-,12+. The van der Waals surface area contributed by atoms with E-state index in [1.54, 1.807) is 0 Å². The Labute approximate surface area is 93.0 Å². The van der Waals surface area contributed by atoms with Gasteiger partial charge in [-0.2, -0.15) is 0 Å². The van der Waals surface area contributed by atoms with E-state index in [0.717, 1.165) is 26.1 Å². The predicted molar refractivity (Wildman–Crippen MR) is 61.8 cm³/mol. The molecular weight excluding hydrogens is 188 g/mol. The molecule has 0 aromatic rings. The Bertz CT molecular complexity index is 184. The molecule has 1 unspecified atom stereocenters. The van der Waals surface area contributed by atoms with Crippen LogP contribution < -0.4 is 5.73 Å². The monoisotopic (exact) mass is 212 g/mol. The molecule has 0 saturated carbocycles. The van der Waals surface area contributed by atoms with E-state index in [4.69, 9.17) is 10.5 Å². The number of hydrogen-bond acceptors (Lipinski definition) is 3. The molecule has 2 rings (SSSR count). The van der Waals surface area contributed by atoms with Crippen LogP contribution in [0.1, 0.15) is 39.0 Å². The average molecular weight is 212 g/mol. The first kappa shape index (κ1) is 11.4. The van der Waals surface area contributed by atoms with Crippen molar-refractivity contribution in [1.29, 1.82) is 0 Å². The molecule has 15 heavy (non-hydrogen) atoms. The second-order valence-electron chi connectivity index (χ2n) is 5.02. The van der Waals surface area contributed by atoms with Crippen molar-refractivity contribution in [1.82, 2.24) is 4.90 Å². The first-order chi connectivity index (χ1) is 7.31. The summed E-state index contributed by atoms with van der Waals surface area (Å²) in [6, 6.07) is 1.61. The Kier molecular flexibility index (Phi) is 4.00. The topological polar surface area (TPSA) is 38.5 Å². The highest BCUT2D eigenvalue weighted by Crippen LogP contribution is 2.27. The lowest BCUT2D eigenvalue weighted by atomic mass is 9.90. The molecule has 3 nitrogen and oxygen atoms in total. The van der Waals surface area contributed by atoms with Crippen LogP contribution in [0.25, 0.3) is 0 Å². The zero-order valence-electron chi connectivity index (χ0n) is 9.82. The van der Waals surface area contributed by atoms with E-state index >= 15 is 0 Å². The minimum atomic E-state index is 0.409. The molecule has 0 radical (unpaired) electrons. The van der Waals surface area contributed by atoms with Crippen molar-refractivity contribution in [3.8, 4) is 0 Å². The third kappa shape index (κ3) is 2.71. The zero-order chi connectivity index (χ0) is 10.7. The maximum absolute atomic E-state index is 6.06. The van der Waals surface area contributed by atoms with Gasteiger partial charge >= 0.3 is 0 Å². The van der Waals surface area contributed by atoms with Crippen LogP contribution in [0.2, 0.25) is 0 Å². The number of rotatable bonds is 4. The molecule has 2 aliphatic heterocycles. The number of piperidine rings is 1. The minimum absolute atomic E-state index is 0.409. The second-order valence-corrected chi connectivity index (χ2v) is 5.02. The molecule has 0 aromatic heterocycles. The highest BCUT2D eigenvalue weighted by atomic mass is 16.5. The van der Waals surface area contributed by atoms with Gasteiger partial charge in [-0.25, -0.2) is 0 Å². The fraction of sp³-hybridized carbons (Fsp3) is 1.00. The molecule has 0 spiro atoms. The number of unbranched alkanes of at least 4 members (excludes halogenated alkanes) is 2. The summed E-state index contributed by atoms with van der Waals surface area (Å²) < 4.78 is 5.62. The van der Waals surface area contributed by atoms with Crippen LogP contribution in [0.15, 0.2) is 0 Å². The summed E-state index contributed by atoms with van der Waals surface area (Å²) in [5.41, 5.74) is 6.06. The minimum Gasteiger partial charge on any atom is -0.378 e. The van der Waals surface area contributed by atoms with Gasteiger partial charge in [0.15, 0.2) is 0 Å². The van der Waals surface area contributed by atoms with Crippen molar-refractivity contribution in [3.63, 3.8) is 0 Å². The van der Waals surface area contributed by atoms with Crippen molar-refractivity contribution in [2.45, 2.75) is 57.2 Å². The number of fused-ring (bicyclic) bond motifs is 2. The fourth-order valence-corrected chi connectivity index (χ4v) is 2.94. The molecule has 0 amide bonds. The molecular formula is C12H24N2O. The van der Waals surface area contributed by atoms with Crippen molar-refractivity contribution < 1.29 is 4.74 Å². The number of morpholine rings is 1. The van der Waals surface area contributed by atoms with Gasteiger partial charge in [0, 0.05) is 18.1 Å². The van der Waals surface area contributed by atoms with Gasteiger partial charge in [-0.05, 0) is 25.8 Å². The first-order valence-electron chi connectivity index (χ1n) is 6.40. The van der Waals surface area contributed by atoms with Gasteiger partial charge in [-0.3, -0.25) is 4.90 Å².